The van der Waals surface area contributed by atoms with Gasteiger partial charge in [0.25, 0.3) is 5.91 Å². The second kappa shape index (κ2) is 9.92. The third kappa shape index (κ3) is 5.82. The Kier molecular flexibility index (Phi) is 7.34. The molecule has 2 aromatic carbocycles. The van der Waals surface area contributed by atoms with Crippen LogP contribution in [0.4, 0.5) is 11.4 Å². The van der Waals surface area contributed by atoms with E-state index in [1.165, 1.54) is 37.4 Å². The lowest BCUT2D eigenvalue weighted by molar-refractivity contribution is -0.138. The molecule has 0 unspecified atom stereocenters. The van der Waals surface area contributed by atoms with Crippen LogP contribution in [0.25, 0.3) is 0 Å². The average molecular weight is 428 g/mol. The molecule has 10 heteroatoms. The lowest BCUT2D eigenvalue weighted by Gasteiger charge is -2.13. The van der Waals surface area contributed by atoms with Gasteiger partial charge in [0.05, 0.1) is 20.3 Å². The molecule has 0 aliphatic heterocycles. The molecule has 0 fully saturated rings. The maximum Gasteiger partial charge on any atom is 0.354 e. The monoisotopic (exact) mass is 428 g/mol. The number of hydrogen-bond acceptors (Lipinski definition) is 8. The number of rotatable bonds is 7. The Bertz CT molecular complexity index is 1080. The largest absolute Gasteiger partial charge is 0.507 e. The number of hydrogen-bond donors (Lipinski definition) is 4. The van der Waals surface area contributed by atoms with E-state index in [0.717, 1.165) is 19.3 Å². The van der Waals surface area contributed by atoms with E-state index in [0.29, 0.717) is 11.3 Å². The van der Waals surface area contributed by atoms with Gasteiger partial charge in [-0.25, -0.2) is 14.4 Å². The Morgan fingerprint density at radius 1 is 0.968 bits per heavy atom. The Morgan fingerprint density at radius 3 is 2.26 bits per heavy atom. The molecule has 0 spiro atoms. The van der Waals surface area contributed by atoms with Crippen LogP contribution in [0.1, 0.15) is 26.3 Å². The number of nitrogens with one attached hydrogen (secondary N) is 2. The van der Waals surface area contributed by atoms with Crippen molar-refractivity contribution in [2.45, 2.75) is 6.92 Å². The van der Waals surface area contributed by atoms with Crippen LogP contribution >= 0.6 is 0 Å². The van der Waals surface area contributed by atoms with Crippen LogP contribution in [-0.4, -0.2) is 48.2 Å². The van der Waals surface area contributed by atoms with Gasteiger partial charge in [-0.05, 0) is 48.9 Å². The molecule has 0 aliphatic carbocycles. The molecule has 0 radical (unpaired) electrons. The van der Waals surface area contributed by atoms with Gasteiger partial charge in [-0.1, -0.05) is 0 Å². The zero-order valence-corrected chi connectivity index (χ0v) is 16.9. The topological polar surface area (TPSA) is 151 Å². The first-order valence-corrected chi connectivity index (χ1v) is 8.79. The SMILES string of the molecule is COC(=O)/C=C(/Nc1ccc(C(=O)Nc2ccc(O)c(C(=O)O)c2)cc1C)C(=O)OC. The Balaban J connectivity index is 2.23. The number of ether oxygens (including phenoxy) is 2. The first-order valence-electron chi connectivity index (χ1n) is 8.79. The second-order valence-corrected chi connectivity index (χ2v) is 6.22. The molecule has 162 valence electrons. The summed E-state index contributed by atoms with van der Waals surface area (Å²) in [5.74, 6) is -3.81. The Morgan fingerprint density at radius 2 is 1.68 bits per heavy atom. The fourth-order valence-corrected chi connectivity index (χ4v) is 2.51. The van der Waals surface area contributed by atoms with E-state index >= 15 is 0 Å². The number of aromatic carboxylic acids is 1. The third-order valence-corrected chi connectivity index (χ3v) is 4.11. The first kappa shape index (κ1) is 22.9. The van der Waals surface area contributed by atoms with Gasteiger partial charge in [-0.3, -0.25) is 4.79 Å². The lowest BCUT2D eigenvalue weighted by atomic mass is 10.1. The van der Waals surface area contributed by atoms with Gasteiger partial charge in [0.15, 0.2) is 0 Å². The molecule has 1 amide bonds. The minimum atomic E-state index is -1.33. The van der Waals surface area contributed by atoms with Gasteiger partial charge in [0.2, 0.25) is 0 Å². The molecule has 0 saturated carbocycles. The van der Waals surface area contributed by atoms with Crippen molar-refractivity contribution in [1.82, 2.24) is 0 Å². The number of phenols is 1. The number of amides is 1. The zero-order valence-electron chi connectivity index (χ0n) is 16.9. The molecule has 4 N–H and O–H groups in total. The maximum absolute atomic E-state index is 12.5. The summed E-state index contributed by atoms with van der Waals surface area (Å²) in [6.07, 6.45) is 0.941. The third-order valence-electron chi connectivity index (χ3n) is 4.11. The van der Waals surface area contributed by atoms with E-state index in [4.69, 9.17) is 5.11 Å². The fraction of sp³-hybridized carbons (Fsp3) is 0.143. The molecule has 0 aromatic heterocycles. The number of aromatic hydroxyl groups is 1. The molecule has 10 nitrogen and oxygen atoms in total. The summed E-state index contributed by atoms with van der Waals surface area (Å²) in [4.78, 5) is 47.0. The van der Waals surface area contributed by atoms with Crippen LogP contribution in [0.5, 0.6) is 5.75 Å². The number of carboxylic acid groups (broad SMARTS) is 1. The normalized spacial score (nSPS) is 10.7. The summed E-state index contributed by atoms with van der Waals surface area (Å²) < 4.78 is 9.14. The molecule has 0 atom stereocenters. The quantitative estimate of drug-likeness (QED) is 0.296. The minimum absolute atomic E-state index is 0.153. The molecule has 31 heavy (non-hydrogen) atoms. The average Bonchev–Trinajstić information content (AvgIpc) is 2.74. The van der Waals surface area contributed by atoms with E-state index in [-0.39, 0.29) is 22.5 Å². The summed E-state index contributed by atoms with van der Waals surface area (Å²) in [5.41, 5.74) is 0.957. The molecule has 0 bridgehead atoms. The predicted octanol–water partition coefficient (Wildman–Crippen LogP) is 2.29. The van der Waals surface area contributed by atoms with Crippen LogP contribution in [0.2, 0.25) is 0 Å². The number of carbonyl (C=O) groups is 4. The van der Waals surface area contributed by atoms with E-state index in [9.17, 15) is 24.3 Å². The van der Waals surface area contributed by atoms with E-state index in [2.05, 4.69) is 20.1 Å². The van der Waals surface area contributed by atoms with Crippen LogP contribution in [0.15, 0.2) is 48.2 Å². The summed E-state index contributed by atoms with van der Waals surface area (Å²) in [6, 6.07) is 8.19. The lowest BCUT2D eigenvalue weighted by Crippen LogP contribution is -2.16. The fourth-order valence-electron chi connectivity index (χ4n) is 2.51. The van der Waals surface area contributed by atoms with Crippen molar-refractivity contribution in [2.24, 2.45) is 0 Å². The Labute approximate surface area is 177 Å². The standard InChI is InChI=1S/C21H20N2O8/c1-11-8-12(19(26)22-13-5-7-17(24)14(9-13)20(27)28)4-6-15(11)23-16(21(29)31-3)10-18(25)30-2/h4-10,23-24H,1-3H3,(H,22,26)(H,27,28)/b16-10+. The number of carboxylic acids is 1. The van der Waals surface area contributed by atoms with Gasteiger partial charge in [-0.15, -0.1) is 0 Å². The van der Waals surface area contributed by atoms with Crippen molar-refractivity contribution in [1.29, 1.82) is 0 Å². The summed E-state index contributed by atoms with van der Waals surface area (Å²) in [7, 11) is 2.33. The highest BCUT2D eigenvalue weighted by Crippen LogP contribution is 2.23. The molecule has 2 rings (SSSR count). The highest BCUT2D eigenvalue weighted by Gasteiger charge is 2.16. The van der Waals surface area contributed by atoms with Gasteiger partial charge >= 0.3 is 17.9 Å². The highest BCUT2D eigenvalue weighted by molar-refractivity contribution is 6.05. The number of esters is 2. The van der Waals surface area contributed by atoms with E-state index in [1.807, 2.05) is 0 Å². The summed E-state index contributed by atoms with van der Waals surface area (Å²) >= 11 is 0. The van der Waals surface area contributed by atoms with Crippen molar-refractivity contribution in [3.63, 3.8) is 0 Å². The van der Waals surface area contributed by atoms with Crippen LogP contribution in [0.3, 0.4) is 0 Å². The molecule has 0 aliphatic rings. The maximum atomic E-state index is 12.5. The van der Waals surface area contributed by atoms with Gasteiger partial charge < -0.3 is 30.3 Å². The van der Waals surface area contributed by atoms with E-state index in [1.54, 1.807) is 6.92 Å². The first-order chi connectivity index (χ1) is 14.7. The van der Waals surface area contributed by atoms with Gasteiger partial charge in [0.1, 0.15) is 17.0 Å². The number of benzene rings is 2. The minimum Gasteiger partial charge on any atom is -0.507 e. The smallest absolute Gasteiger partial charge is 0.354 e. The number of carbonyl (C=O) groups excluding carboxylic acids is 3. The second-order valence-electron chi connectivity index (χ2n) is 6.22. The van der Waals surface area contributed by atoms with Crippen molar-refractivity contribution in [3.05, 3.63) is 64.9 Å². The number of aryl methyl sites for hydroxylation is 1. The van der Waals surface area contributed by atoms with Crippen LogP contribution in [0, 0.1) is 6.92 Å². The van der Waals surface area contributed by atoms with Crippen LogP contribution in [-0.2, 0) is 19.1 Å². The number of methoxy groups -OCH3 is 2. The number of anilines is 2. The summed E-state index contributed by atoms with van der Waals surface area (Å²) in [6.45, 7) is 1.68. The molecular formula is C21H20N2O8. The van der Waals surface area contributed by atoms with E-state index < -0.39 is 29.6 Å². The van der Waals surface area contributed by atoms with Crippen molar-refractivity contribution in [2.75, 3.05) is 24.9 Å². The van der Waals surface area contributed by atoms with Crippen molar-refractivity contribution < 1.29 is 38.9 Å². The molecule has 0 saturated heterocycles. The highest BCUT2D eigenvalue weighted by atomic mass is 16.5. The zero-order chi connectivity index (χ0) is 23.1. The molecular weight excluding hydrogens is 408 g/mol. The molecule has 0 heterocycles. The van der Waals surface area contributed by atoms with Crippen molar-refractivity contribution >= 4 is 35.2 Å². The van der Waals surface area contributed by atoms with Crippen molar-refractivity contribution in [3.8, 4) is 5.75 Å². The predicted molar refractivity (Wildman–Crippen MR) is 110 cm³/mol. The Hall–Kier alpha value is -4.34. The summed E-state index contributed by atoms with van der Waals surface area (Å²) in [5, 5.41) is 23.9. The van der Waals surface area contributed by atoms with Gasteiger partial charge in [0, 0.05) is 16.9 Å². The van der Waals surface area contributed by atoms with Crippen LogP contribution < -0.4 is 10.6 Å². The van der Waals surface area contributed by atoms with Gasteiger partial charge in [-0.2, -0.15) is 0 Å². The molecule has 2 aromatic rings.